The normalized spacial score (nSPS) is 12.4. The number of carboxylic acids is 1. The summed E-state index contributed by atoms with van der Waals surface area (Å²) in [6, 6.07) is 5.10. The average Bonchev–Trinajstić information content (AvgIpc) is 2.39. The van der Waals surface area contributed by atoms with Crippen molar-refractivity contribution in [3.8, 4) is 0 Å². The molecule has 0 fully saturated rings. The Bertz CT molecular complexity index is 502. The second-order valence-electron chi connectivity index (χ2n) is 4.75. The lowest BCUT2D eigenvalue weighted by Crippen LogP contribution is -2.29. The molecule has 20 heavy (non-hydrogen) atoms. The van der Waals surface area contributed by atoms with E-state index >= 15 is 0 Å². The Balaban J connectivity index is 2.94. The van der Waals surface area contributed by atoms with Crippen LogP contribution in [0.4, 0.5) is 5.69 Å². The molecule has 1 N–H and O–H groups in total. The lowest BCUT2D eigenvalue weighted by molar-refractivity contribution is -0.385. The van der Waals surface area contributed by atoms with Crippen LogP contribution in [0.5, 0.6) is 0 Å². The zero-order valence-corrected chi connectivity index (χ0v) is 12.0. The minimum absolute atomic E-state index is 0.0568. The van der Waals surface area contributed by atoms with E-state index in [0.29, 0.717) is 18.7 Å². The van der Waals surface area contributed by atoms with E-state index in [9.17, 15) is 14.9 Å². The molecule has 1 aromatic rings. The third-order valence-corrected chi connectivity index (χ3v) is 3.48. The van der Waals surface area contributed by atoms with Gasteiger partial charge in [0.05, 0.1) is 11.3 Å². The van der Waals surface area contributed by atoms with Gasteiger partial charge in [-0.1, -0.05) is 19.1 Å². The second-order valence-corrected chi connectivity index (χ2v) is 4.75. The lowest BCUT2D eigenvalue weighted by atomic mass is 10.0. The van der Waals surface area contributed by atoms with Gasteiger partial charge in [0.25, 0.3) is 5.69 Å². The second kappa shape index (κ2) is 7.00. The highest BCUT2D eigenvalue weighted by Gasteiger charge is 2.19. The molecule has 6 heteroatoms. The summed E-state index contributed by atoms with van der Waals surface area (Å²) < 4.78 is 0. The molecule has 0 bridgehead atoms. The maximum absolute atomic E-state index is 11.0. The van der Waals surface area contributed by atoms with Gasteiger partial charge in [0.1, 0.15) is 0 Å². The molecular formula is C14H20N2O4. The van der Waals surface area contributed by atoms with Crippen molar-refractivity contribution < 1.29 is 14.8 Å². The van der Waals surface area contributed by atoms with Gasteiger partial charge in [-0.25, -0.2) is 0 Å². The van der Waals surface area contributed by atoms with Crippen molar-refractivity contribution in [1.29, 1.82) is 0 Å². The third kappa shape index (κ3) is 4.03. The Kier molecular flexibility index (Phi) is 5.64. The van der Waals surface area contributed by atoms with Crippen molar-refractivity contribution in [2.45, 2.75) is 33.2 Å². The predicted octanol–water partition coefficient (Wildman–Crippen LogP) is 2.76. The molecule has 1 atom stereocenters. The van der Waals surface area contributed by atoms with E-state index < -0.39 is 5.97 Å². The molecule has 1 rings (SSSR count). The summed E-state index contributed by atoms with van der Waals surface area (Å²) in [4.78, 5) is 23.2. The van der Waals surface area contributed by atoms with Gasteiger partial charge >= 0.3 is 5.97 Å². The van der Waals surface area contributed by atoms with Gasteiger partial charge in [-0.2, -0.15) is 0 Å². The molecule has 0 aliphatic heterocycles. The number of rotatable bonds is 7. The number of hydrogen-bond acceptors (Lipinski definition) is 4. The van der Waals surface area contributed by atoms with Crippen LogP contribution in [0.25, 0.3) is 0 Å². The highest BCUT2D eigenvalue weighted by Crippen LogP contribution is 2.26. The van der Waals surface area contributed by atoms with Gasteiger partial charge in [0.2, 0.25) is 0 Å². The fourth-order valence-corrected chi connectivity index (χ4v) is 2.16. The molecule has 110 valence electrons. The summed E-state index contributed by atoms with van der Waals surface area (Å²) in [6.45, 7) is 6.69. The molecule has 0 aliphatic carbocycles. The predicted molar refractivity (Wildman–Crippen MR) is 75.7 cm³/mol. The maximum Gasteiger partial charge on any atom is 0.304 e. The van der Waals surface area contributed by atoms with Crippen molar-refractivity contribution in [3.63, 3.8) is 0 Å². The van der Waals surface area contributed by atoms with Gasteiger partial charge < -0.3 is 5.11 Å². The summed E-state index contributed by atoms with van der Waals surface area (Å²) in [7, 11) is 0. The minimum Gasteiger partial charge on any atom is -0.481 e. The molecule has 0 saturated heterocycles. The van der Waals surface area contributed by atoms with E-state index in [1.807, 2.05) is 24.8 Å². The van der Waals surface area contributed by atoms with E-state index in [2.05, 4.69) is 0 Å². The van der Waals surface area contributed by atoms with Crippen molar-refractivity contribution >= 4 is 11.7 Å². The first-order chi connectivity index (χ1) is 9.36. The molecule has 0 spiro atoms. The molecule has 0 saturated carbocycles. The Morgan fingerprint density at radius 1 is 1.50 bits per heavy atom. The highest BCUT2D eigenvalue weighted by atomic mass is 16.6. The molecule has 1 aromatic carbocycles. The maximum atomic E-state index is 11.0. The van der Waals surface area contributed by atoms with Crippen LogP contribution in [0.15, 0.2) is 18.2 Å². The van der Waals surface area contributed by atoms with Gasteiger partial charge in [-0.15, -0.1) is 0 Å². The van der Waals surface area contributed by atoms with Crippen LogP contribution >= 0.6 is 0 Å². The lowest BCUT2D eigenvalue weighted by Gasteiger charge is -2.27. The first kappa shape index (κ1) is 16.1. The summed E-state index contributed by atoms with van der Waals surface area (Å²) in [5, 5.41) is 19.7. The van der Waals surface area contributed by atoms with Crippen LogP contribution in [0.2, 0.25) is 0 Å². The van der Waals surface area contributed by atoms with Crippen LogP contribution in [0.3, 0.4) is 0 Å². The minimum atomic E-state index is -0.842. The van der Waals surface area contributed by atoms with Gasteiger partial charge in [0, 0.05) is 24.2 Å². The average molecular weight is 280 g/mol. The number of nitro groups is 1. The smallest absolute Gasteiger partial charge is 0.304 e. The highest BCUT2D eigenvalue weighted by molar-refractivity contribution is 5.66. The molecule has 0 aromatic heterocycles. The monoisotopic (exact) mass is 280 g/mol. The number of aryl methyl sites for hydroxylation is 1. The van der Waals surface area contributed by atoms with Gasteiger partial charge in [-0.05, 0) is 26.0 Å². The standard InChI is InChI=1S/C14H20N2O4/c1-4-15(8-7-14(17)18)11(3)12-6-5-10(2)13(9-12)16(19)20/h5-6,9,11H,4,7-8H2,1-3H3,(H,17,18). The Hall–Kier alpha value is -1.95. The molecule has 0 heterocycles. The number of nitro benzene ring substituents is 1. The Morgan fingerprint density at radius 2 is 2.15 bits per heavy atom. The SMILES string of the molecule is CCN(CCC(=O)O)C(C)c1ccc(C)c([N+](=O)[O-])c1. The zero-order chi connectivity index (χ0) is 15.3. The van der Waals surface area contributed by atoms with Gasteiger partial charge in [-0.3, -0.25) is 19.8 Å². The molecule has 6 nitrogen and oxygen atoms in total. The fourth-order valence-electron chi connectivity index (χ4n) is 2.16. The van der Waals surface area contributed by atoms with Crippen LogP contribution in [-0.2, 0) is 4.79 Å². The van der Waals surface area contributed by atoms with E-state index in [1.54, 1.807) is 19.1 Å². The number of carboxylic acid groups (broad SMARTS) is 1. The van der Waals surface area contributed by atoms with Crippen molar-refractivity contribution in [2.75, 3.05) is 13.1 Å². The molecular weight excluding hydrogens is 260 g/mol. The number of carbonyl (C=O) groups is 1. The van der Waals surface area contributed by atoms with E-state index in [1.165, 1.54) is 0 Å². The topological polar surface area (TPSA) is 83.7 Å². The van der Waals surface area contributed by atoms with Crippen molar-refractivity contribution in [3.05, 3.63) is 39.4 Å². The molecule has 0 aliphatic rings. The van der Waals surface area contributed by atoms with Crippen LogP contribution in [0.1, 0.15) is 37.4 Å². The van der Waals surface area contributed by atoms with Crippen molar-refractivity contribution in [2.24, 2.45) is 0 Å². The van der Waals surface area contributed by atoms with E-state index in [4.69, 9.17) is 5.11 Å². The number of benzene rings is 1. The summed E-state index contributed by atoms with van der Waals surface area (Å²) >= 11 is 0. The van der Waals surface area contributed by atoms with Crippen molar-refractivity contribution in [1.82, 2.24) is 4.90 Å². The number of hydrogen-bond donors (Lipinski definition) is 1. The first-order valence-corrected chi connectivity index (χ1v) is 6.57. The Labute approximate surface area is 118 Å². The van der Waals surface area contributed by atoms with Crippen LogP contribution < -0.4 is 0 Å². The number of nitrogens with zero attached hydrogens (tertiary/aromatic N) is 2. The van der Waals surface area contributed by atoms with E-state index in [-0.39, 0.29) is 23.1 Å². The van der Waals surface area contributed by atoms with E-state index in [0.717, 1.165) is 5.56 Å². The largest absolute Gasteiger partial charge is 0.481 e. The summed E-state index contributed by atoms with van der Waals surface area (Å²) in [6.07, 6.45) is 0.0616. The fraction of sp³-hybridized carbons (Fsp3) is 0.500. The molecule has 1 unspecified atom stereocenters. The first-order valence-electron chi connectivity index (χ1n) is 6.57. The quantitative estimate of drug-likeness (QED) is 0.613. The molecule has 0 amide bonds. The van der Waals surface area contributed by atoms with Crippen LogP contribution in [0, 0.1) is 17.0 Å². The van der Waals surface area contributed by atoms with Crippen LogP contribution in [-0.4, -0.2) is 34.0 Å². The summed E-state index contributed by atoms with van der Waals surface area (Å²) in [5.74, 6) is -0.842. The Morgan fingerprint density at radius 3 is 2.65 bits per heavy atom. The van der Waals surface area contributed by atoms with Gasteiger partial charge in [0.15, 0.2) is 0 Å². The zero-order valence-electron chi connectivity index (χ0n) is 12.0. The number of aliphatic carboxylic acids is 1. The third-order valence-electron chi connectivity index (χ3n) is 3.48. The molecule has 0 radical (unpaired) electrons. The summed E-state index contributed by atoms with van der Waals surface area (Å²) in [5.41, 5.74) is 1.55.